The largest absolute Gasteiger partial charge is 0.479 e. The first-order chi connectivity index (χ1) is 16.2. The second-order valence-electron chi connectivity index (χ2n) is 7.74. The van der Waals surface area contributed by atoms with E-state index in [1.54, 1.807) is 42.5 Å². The number of carboxylic acid groups (broad SMARTS) is 1. The van der Waals surface area contributed by atoms with E-state index >= 15 is 0 Å². The fourth-order valence-corrected chi connectivity index (χ4v) is 4.69. The Kier molecular flexibility index (Phi) is 8.68. The molecule has 0 saturated carbocycles. The summed E-state index contributed by atoms with van der Waals surface area (Å²) in [6.07, 6.45) is -1.05. The van der Waals surface area contributed by atoms with Crippen molar-refractivity contribution in [1.82, 2.24) is 5.32 Å². The van der Waals surface area contributed by atoms with Crippen LogP contribution < -0.4 is 10.1 Å². The van der Waals surface area contributed by atoms with Gasteiger partial charge in [0.25, 0.3) is 0 Å². The van der Waals surface area contributed by atoms with Crippen LogP contribution in [0.25, 0.3) is 0 Å². The zero-order chi connectivity index (χ0) is 24.7. The van der Waals surface area contributed by atoms with Gasteiger partial charge >= 0.3 is 5.97 Å². The van der Waals surface area contributed by atoms with E-state index in [-0.39, 0.29) is 15.5 Å². The van der Waals surface area contributed by atoms with Crippen LogP contribution in [0.2, 0.25) is 5.02 Å². The molecule has 34 heavy (non-hydrogen) atoms. The van der Waals surface area contributed by atoms with E-state index in [4.69, 9.17) is 21.4 Å². The topological polar surface area (TPSA) is 113 Å². The summed E-state index contributed by atoms with van der Waals surface area (Å²) in [7, 11) is -3.72. The molecule has 3 rings (SSSR count). The predicted molar refractivity (Wildman–Crippen MR) is 129 cm³/mol. The summed E-state index contributed by atoms with van der Waals surface area (Å²) in [6.45, 7) is 2.38. The number of aliphatic carboxylic acids is 1. The molecule has 0 aliphatic heterocycles. The van der Waals surface area contributed by atoms with Gasteiger partial charge in [-0.05, 0) is 79.5 Å². The van der Waals surface area contributed by atoms with Crippen molar-refractivity contribution in [2.24, 2.45) is 0 Å². The van der Waals surface area contributed by atoms with Crippen molar-refractivity contribution in [3.05, 3.63) is 88.9 Å². The minimum Gasteiger partial charge on any atom is -0.479 e. The third-order valence-electron chi connectivity index (χ3n) is 5.19. The quantitative estimate of drug-likeness (QED) is 0.340. The zero-order valence-electron chi connectivity index (χ0n) is 18.5. The predicted octanol–water partition coefficient (Wildman–Crippen LogP) is 3.89. The number of hydrogen-bond acceptors (Lipinski definition) is 6. The van der Waals surface area contributed by atoms with E-state index in [1.807, 2.05) is 6.07 Å². The number of sulfone groups is 1. The number of hydrogen-bond donors (Lipinski definition) is 3. The van der Waals surface area contributed by atoms with Gasteiger partial charge in [-0.1, -0.05) is 35.9 Å². The van der Waals surface area contributed by atoms with Crippen molar-refractivity contribution in [1.29, 1.82) is 0 Å². The van der Waals surface area contributed by atoms with Crippen LogP contribution in [-0.4, -0.2) is 43.8 Å². The first-order valence-corrected chi connectivity index (χ1v) is 12.5. The fraction of sp³-hybridized carbons (Fsp3) is 0.240. The first kappa shape index (κ1) is 25.7. The molecule has 180 valence electrons. The van der Waals surface area contributed by atoms with Gasteiger partial charge in [-0.15, -0.1) is 0 Å². The number of aliphatic hydroxyl groups excluding tert-OH is 1. The molecule has 0 radical (unpaired) electrons. The average Bonchev–Trinajstić information content (AvgIpc) is 2.82. The van der Waals surface area contributed by atoms with E-state index in [0.717, 1.165) is 11.1 Å². The van der Waals surface area contributed by atoms with E-state index in [0.29, 0.717) is 24.5 Å². The lowest BCUT2D eigenvalue weighted by Gasteiger charge is -2.13. The van der Waals surface area contributed by atoms with Crippen LogP contribution in [0.1, 0.15) is 24.2 Å². The number of ether oxygens (including phenoxy) is 1. The van der Waals surface area contributed by atoms with Crippen molar-refractivity contribution in [3.63, 3.8) is 0 Å². The van der Waals surface area contributed by atoms with Crippen LogP contribution in [-0.2, 0) is 21.1 Å². The Balaban J connectivity index is 1.54. The Bertz CT molecular complexity index is 1210. The summed E-state index contributed by atoms with van der Waals surface area (Å²) in [5.41, 5.74) is 1.70. The van der Waals surface area contributed by atoms with Crippen LogP contribution in [0.15, 0.2) is 82.6 Å². The molecule has 0 unspecified atom stereocenters. The van der Waals surface area contributed by atoms with Gasteiger partial charge < -0.3 is 20.3 Å². The summed E-state index contributed by atoms with van der Waals surface area (Å²) in [4.78, 5) is 11.1. The van der Waals surface area contributed by atoms with Gasteiger partial charge in [0.1, 0.15) is 5.75 Å². The smallest absolute Gasteiger partial charge is 0.344 e. The molecule has 2 atom stereocenters. The highest BCUT2D eigenvalue weighted by Crippen LogP contribution is 2.24. The van der Waals surface area contributed by atoms with Gasteiger partial charge in [-0.3, -0.25) is 0 Å². The Labute approximate surface area is 203 Å². The fourth-order valence-electron chi connectivity index (χ4n) is 3.23. The van der Waals surface area contributed by atoms with Crippen LogP contribution in [0.3, 0.4) is 0 Å². The first-order valence-electron chi connectivity index (χ1n) is 10.6. The van der Waals surface area contributed by atoms with Crippen molar-refractivity contribution >= 4 is 27.4 Å². The van der Waals surface area contributed by atoms with Gasteiger partial charge in [0.15, 0.2) is 6.10 Å². The third-order valence-corrected chi connectivity index (χ3v) is 7.21. The van der Waals surface area contributed by atoms with E-state index in [9.17, 15) is 18.3 Å². The molecule has 3 N–H and O–H groups in total. The Morgan fingerprint density at radius 1 is 1.03 bits per heavy atom. The molecule has 0 aliphatic carbocycles. The van der Waals surface area contributed by atoms with E-state index < -0.39 is 28.0 Å². The second-order valence-corrected chi connectivity index (χ2v) is 10.1. The summed E-state index contributed by atoms with van der Waals surface area (Å²) < 4.78 is 31.0. The maximum Gasteiger partial charge on any atom is 0.344 e. The number of aliphatic hydroxyl groups is 1. The molecule has 0 aliphatic rings. The number of carbonyl (C=O) groups is 1. The average molecular weight is 504 g/mol. The lowest BCUT2D eigenvalue weighted by atomic mass is 10.1. The van der Waals surface area contributed by atoms with Crippen LogP contribution in [0, 0.1) is 0 Å². The number of nitrogens with one attached hydrogen (secondary N) is 1. The van der Waals surface area contributed by atoms with Gasteiger partial charge in [-0.25, -0.2) is 13.2 Å². The lowest BCUT2D eigenvalue weighted by Crippen LogP contribution is -2.23. The monoisotopic (exact) mass is 503 g/mol. The Morgan fingerprint density at radius 2 is 1.65 bits per heavy atom. The molecular weight excluding hydrogens is 478 g/mol. The lowest BCUT2D eigenvalue weighted by molar-refractivity contribution is -0.144. The van der Waals surface area contributed by atoms with E-state index in [1.165, 1.54) is 31.2 Å². The summed E-state index contributed by atoms with van der Waals surface area (Å²) >= 11 is 5.95. The Morgan fingerprint density at radius 3 is 2.24 bits per heavy atom. The third kappa shape index (κ3) is 6.80. The molecule has 0 fully saturated rings. The van der Waals surface area contributed by atoms with Crippen molar-refractivity contribution in [3.8, 4) is 5.75 Å². The number of carboxylic acids is 1. The maximum atomic E-state index is 12.9. The molecule has 0 amide bonds. The van der Waals surface area contributed by atoms with Crippen molar-refractivity contribution in [2.75, 3.05) is 13.1 Å². The van der Waals surface area contributed by atoms with Gasteiger partial charge in [-0.2, -0.15) is 0 Å². The molecule has 0 bridgehead atoms. The molecule has 0 spiro atoms. The second kappa shape index (κ2) is 11.5. The molecule has 3 aromatic rings. The van der Waals surface area contributed by atoms with Crippen LogP contribution in [0.4, 0.5) is 0 Å². The highest BCUT2D eigenvalue weighted by atomic mass is 35.5. The van der Waals surface area contributed by atoms with Gasteiger partial charge in [0.2, 0.25) is 9.84 Å². The highest BCUT2D eigenvalue weighted by Gasteiger charge is 2.18. The zero-order valence-corrected chi connectivity index (χ0v) is 20.1. The summed E-state index contributed by atoms with van der Waals surface area (Å²) in [5.74, 6) is -0.832. The summed E-state index contributed by atoms with van der Waals surface area (Å²) in [6, 6.07) is 19.4. The van der Waals surface area contributed by atoms with Gasteiger partial charge in [0.05, 0.1) is 15.9 Å². The number of rotatable bonds is 11. The number of halogens is 1. The minimum absolute atomic E-state index is 0.0900. The van der Waals surface area contributed by atoms with Gasteiger partial charge in [0, 0.05) is 11.6 Å². The standard InChI is InChI=1S/C25H26ClNO6S/c1-17(25(29)30)33-21-7-11-23(12-8-21)34(31,32)22-9-5-18(6-10-22)13-14-27-16-24(28)19-3-2-4-20(26)15-19/h2-12,15,17,24,27-28H,13-14,16H2,1H3,(H,29,30)/t17-,24+/m0/s1. The molecule has 3 aromatic carbocycles. The SMILES string of the molecule is C[C@H](Oc1ccc(S(=O)(=O)c2ccc(CCNC[C@@H](O)c3cccc(Cl)c3)cc2)cc1)C(=O)O. The molecule has 0 saturated heterocycles. The maximum absolute atomic E-state index is 12.9. The Hall–Kier alpha value is -2.91. The van der Waals surface area contributed by atoms with Crippen molar-refractivity contribution in [2.45, 2.75) is 35.3 Å². The molecule has 0 aromatic heterocycles. The molecule has 9 heteroatoms. The van der Waals surface area contributed by atoms with E-state index in [2.05, 4.69) is 5.32 Å². The number of benzene rings is 3. The molecule has 0 heterocycles. The highest BCUT2D eigenvalue weighted by molar-refractivity contribution is 7.91. The van der Waals surface area contributed by atoms with Crippen molar-refractivity contribution < 1.29 is 28.2 Å². The molecular formula is C25H26ClNO6S. The van der Waals surface area contributed by atoms with Crippen LogP contribution in [0.5, 0.6) is 5.75 Å². The summed E-state index contributed by atoms with van der Waals surface area (Å²) in [5, 5.41) is 22.9. The molecule has 7 nitrogen and oxygen atoms in total. The normalized spacial score (nSPS) is 13.3. The minimum atomic E-state index is -3.72. The van der Waals surface area contributed by atoms with Crippen LogP contribution >= 0.6 is 11.6 Å².